The molecule has 0 spiro atoms. The van der Waals surface area contributed by atoms with Crippen LogP contribution in [-0.4, -0.2) is 34.0 Å². The Hall–Kier alpha value is -1.44. The van der Waals surface area contributed by atoms with Gasteiger partial charge < -0.3 is 10.6 Å². The van der Waals surface area contributed by atoms with Crippen LogP contribution in [0.1, 0.15) is 25.8 Å². The molecule has 0 aliphatic heterocycles. The number of hydrogen-bond acceptors (Lipinski definition) is 4. The molecule has 0 fully saturated rings. The summed E-state index contributed by atoms with van der Waals surface area (Å²) in [5.74, 6) is -0.117. The summed E-state index contributed by atoms with van der Waals surface area (Å²) in [7, 11) is -3.46. The van der Waals surface area contributed by atoms with E-state index in [1.54, 1.807) is 24.3 Å². The molecule has 0 bridgehead atoms. The van der Waals surface area contributed by atoms with Gasteiger partial charge in [0.1, 0.15) is 0 Å². The standard InChI is InChI=1S/C14H23N3O3S/c1-3-15-9-4-10-17-21(19,20)14-7-5-13(6-8-14)11-16-12(2)18/h5-8,15,17H,3-4,9-11H2,1-2H3,(H,16,18). The molecule has 0 heterocycles. The lowest BCUT2D eigenvalue weighted by Crippen LogP contribution is -2.27. The van der Waals surface area contributed by atoms with Gasteiger partial charge in [0.05, 0.1) is 4.90 Å². The minimum Gasteiger partial charge on any atom is -0.352 e. The molecular formula is C14H23N3O3S. The minimum absolute atomic E-state index is 0.117. The van der Waals surface area contributed by atoms with E-state index in [4.69, 9.17) is 0 Å². The van der Waals surface area contributed by atoms with Gasteiger partial charge in [-0.05, 0) is 37.2 Å². The Bertz CT molecular complexity index is 541. The third kappa shape index (κ3) is 6.70. The molecule has 0 unspecified atom stereocenters. The zero-order valence-electron chi connectivity index (χ0n) is 12.5. The SMILES string of the molecule is CCNCCCNS(=O)(=O)c1ccc(CNC(C)=O)cc1. The van der Waals surface area contributed by atoms with E-state index in [2.05, 4.69) is 15.4 Å². The Morgan fingerprint density at radius 2 is 1.81 bits per heavy atom. The number of benzene rings is 1. The minimum atomic E-state index is -3.46. The maximum atomic E-state index is 12.0. The van der Waals surface area contributed by atoms with Crippen LogP contribution in [0.5, 0.6) is 0 Å². The molecule has 0 atom stereocenters. The highest BCUT2D eigenvalue weighted by Gasteiger charge is 2.12. The van der Waals surface area contributed by atoms with E-state index in [0.717, 1.165) is 25.1 Å². The van der Waals surface area contributed by atoms with Crippen molar-refractivity contribution in [3.8, 4) is 0 Å². The van der Waals surface area contributed by atoms with Gasteiger partial charge in [0.15, 0.2) is 0 Å². The van der Waals surface area contributed by atoms with Crippen LogP contribution in [0.15, 0.2) is 29.2 Å². The average Bonchev–Trinajstić information content (AvgIpc) is 2.45. The van der Waals surface area contributed by atoms with Gasteiger partial charge >= 0.3 is 0 Å². The molecule has 0 aliphatic carbocycles. The van der Waals surface area contributed by atoms with Crippen molar-refractivity contribution in [3.05, 3.63) is 29.8 Å². The normalized spacial score (nSPS) is 11.3. The van der Waals surface area contributed by atoms with Crippen molar-refractivity contribution in [2.24, 2.45) is 0 Å². The quantitative estimate of drug-likeness (QED) is 0.583. The number of nitrogens with one attached hydrogen (secondary N) is 3. The number of hydrogen-bond donors (Lipinski definition) is 3. The van der Waals surface area contributed by atoms with Crippen molar-refractivity contribution < 1.29 is 13.2 Å². The fourth-order valence-electron chi connectivity index (χ4n) is 1.69. The van der Waals surface area contributed by atoms with E-state index in [9.17, 15) is 13.2 Å². The molecule has 0 aliphatic rings. The first kappa shape index (κ1) is 17.6. The molecule has 0 radical (unpaired) electrons. The summed E-state index contributed by atoms with van der Waals surface area (Å²) in [5, 5.41) is 5.80. The second-order valence-electron chi connectivity index (χ2n) is 4.66. The van der Waals surface area contributed by atoms with E-state index in [1.807, 2.05) is 6.92 Å². The number of sulfonamides is 1. The first-order chi connectivity index (χ1) is 9.95. The van der Waals surface area contributed by atoms with Crippen molar-refractivity contribution in [2.45, 2.75) is 31.7 Å². The number of carbonyl (C=O) groups excluding carboxylic acids is 1. The highest BCUT2D eigenvalue weighted by molar-refractivity contribution is 7.89. The summed E-state index contributed by atoms with van der Waals surface area (Å²) in [4.78, 5) is 11.0. The Labute approximate surface area is 126 Å². The summed E-state index contributed by atoms with van der Waals surface area (Å²) >= 11 is 0. The zero-order valence-corrected chi connectivity index (χ0v) is 13.3. The molecule has 0 saturated heterocycles. The number of amides is 1. The van der Waals surface area contributed by atoms with Crippen LogP contribution >= 0.6 is 0 Å². The molecule has 0 saturated carbocycles. The van der Waals surface area contributed by atoms with Crippen LogP contribution in [0.25, 0.3) is 0 Å². The molecule has 1 aromatic rings. The summed E-state index contributed by atoms with van der Waals surface area (Å²) in [6.45, 7) is 5.91. The largest absolute Gasteiger partial charge is 0.352 e. The maximum absolute atomic E-state index is 12.0. The molecule has 3 N–H and O–H groups in total. The highest BCUT2D eigenvalue weighted by atomic mass is 32.2. The van der Waals surface area contributed by atoms with Crippen molar-refractivity contribution in [1.82, 2.24) is 15.4 Å². The molecule has 6 nitrogen and oxygen atoms in total. The van der Waals surface area contributed by atoms with E-state index < -0.39 is 10.0 Å². The monoisotopic (exact) mass is 313 g/mol. The molecule has 0 aromatic heterocycles. The van der Waals surface area contributed by atoms with Gasteiger partial charge in [-0.25, -0.2) is 13.1 Å². The van der Waals surface area contributed by atoms with Gasteiger partial charge in [0.2, 0.25) is 15.9 Å². The van der Waals surface area contributed by atoms with Gasteiger partial charge in [0, 0.05) is 20.0 Å². The fraction of sp³-hybridized carbons (Fsp3) is 0.500. The topological polar surface area (TPSA) is 87.3 Å². The van der Waals surface area contributed by atoms with Gasteiger partial charge in [-0.1, -0.05) is 19.1 Å². The van der Waals surface area contributed by atoms with Crippen molar-refractivity contribution in [2.75, 3.05) is 19.6 Å². The number of rotatable bonds is 9. The summed E-state index contributed by atoms with van der Waals surface area (Å²) in [5.41, 5.74) is 0.858. The summed E-state index contributed by atoms with van der Waals surface area (Å²) in [6, 6.07) is 6.49. The average molecular weight is 313 g/mol. The lowest BCUT2D eigenvalue weighted by molar-refractivity contribution is -0.119. The number of carbonyl (C=O) groups is 1. The van der Waals surface area contributed by atoms with Gasteiger partial charge in [-0.3, -0.25) is 4.79 Å². The van der Waals surface area contributed by atoms with E-state index in [-0.39, 0.29) is 10.8 Å². The first-order valence-corrected chi connectivity index (χ1v) is 8.48. The van der Waals surface area contributed by atoms with Crippen molar-refractivity contribution in [1.29, 1.82) is 0 Å². The van der Waals surface area contributed by atoms with E-state index in [1.165, 1.54) is 6.92 Å². The Balaban J connectivity index is 2.52. The molecule has 1 amide bonds. The Morgan fingerprint density at radius 3 is 2.38 bits per heavy atom. The smallest absolute Gasteiger partial charge is 0.240 e. The third-order valence-electron chi connectivity index (χ3n) is 2.85. The first-order valence-electron chi connectivity index (χ1n) is 6.99. The molecule has 21 heavy (non-hydrogen) atoms. The zero-order chi connectivity index (χ0) is 15.7. The molecule has 1 aromatic carbocycles. The van der Waals surface area contributed by atoms with Crippen LogP contribution in [0.2, 0.25) is 0 Å². The van der Waals surface area contributed by atoms with Crippen LogP contribution < -0.4 is 15.4 Å². The molecular weight excluding hydrogens is 290 g/mol. The second kappa shape index (κ2) is 8.76. The van der Waals surface area contributed by atoms with E-state index in [0.29, 0.717) is 13.1 Å². The molecule has 118 valence electrons. The third-order valence-corrected chi connectivity index (χ3v) is 4.32. The Kier molecular flexibility index (Phi) is 7.35. The van der Waals surface area contributed by atoms with Crippen molar-refractivity contribution in [3.63, 3.8) is 0 Å². The van der Waals surface area contributed by atoms with Crippen LogP contribution in [-0.2, 0) is 21.4 Å². The van der Waals surface area contributed by atoms with Crippen LogP contribution in [0.3, 0.4) is 0 Å². The van der Waals surface area contributed by atoms with E-state index >= 15 is 0 Å². The summed E-state index contributed by atoms with van der Waals surface area (Å²) < 4.78 is 26.6. The molecule has 1 rings (SSSR count). The maximum Gasteiger partial charge on any atom is 0.240 e. The van der Waals surface area contributed by atoms with Gasteiger partial charge in [0.25, 0.3) is 0 Å². The molecule has 7 heteroatoms. The predicted molar refractivity (Wildman–Crippen MR) is 82.3 cm³/mol. The summed E-state index contributed by atoms with van der Waals surface area (Å²) in [6.07, 6.45) is 0.744. The lowest BCUT2D eigenvalue weighted by atomic mass is 10.2. The highest BCUT2D eigenvalue weighted by Crippen LogP contribution is 2.10. The van der Waals surface area contributed by atoms with Crippen LogP contribution in [0.4, 0.5) is 0 Å². The Morgan fingerprint density at radius 1 is 1.14 bits per heavy atom. The lowest BCUT2D eigenvalue weighted by Gasteiger charge is -2.08. The predicted octanol–water partition coefficient (Wildman–Crippen LogP) is 0.601. The fourth-order valence-corrected chi connectivity index (χ4v) is 2.77. The van der Waals surface area contributed by atoms with Crippen LogP contribution in [0, 0.1) is 0 Å². The van der Waals surface area contributed by atoms with Gasteiger partial charge in [-0.2, -0.15) is 0 Å². The van der Waals surface area contributed by atoms with Crippen molar-refractivity contribution >= 4 is 15.9 Å². The second-order valence-corrected chi connectivity index (χ2v) is 6.43. The van der Waals surface area contributed by atoms with Gasteiger partial charge in [-0.15, -0.1) is 0 Å².